The first-order chi connectivity index (χ1) is 30.0. The second kappa shape index (κ2) is 18.3. The number of rotatable bonds is 12. The first kappa shape index (κ1) is 41.9. The van der Waals surface area contributed by atoms with E-state index < -0.39 is 35.3 Å². The van der Waals surface area contributed by atoms with E-state index in [9.17, 15) is 29.4 Å². The van der Waals surface area contributed by atoms with E-state index >= 15 is 0 Å². The molecule has 62 heavy (non-hydrogen) atoms. The number of ether oxygens (including phenoxy) is 2. The van der Waals surface area contributed by atoms with Crippen LogP contribution in [0.25, 0.3) is 21.5 Å². The summed E-state index contributed by atoms with van der Waals surface area (Å²) in [7, 11) is 0. The van der Waals surface area contributed by atoms with Gasteiger partial charge in [0.15, 0.2) is 11.5 Å². The van der Waals surface area contributed by atoms with E-state index in [2.05, 4.69) is 31.1 Å². The van der Waals surface area contributed by atoms with Gasteiger partial charge in [-0.1, -0.05) is 72.8 Å². The van der Waals surface area contributed by atoms with E-state index in [0.29, 0.717) is 44.0 Å². The predicted octanol–water partition coefficient (Wildman–Crippen LogP) is 11.7. The Morgan fingerprint density at radius 2 is 0.871 bits per heavy atom. The third-order valence-electron chi connectivity index (χ3n) is 10.1. The molecule has 0 spiro atoms. The molecule has 0 aliphatic heterocycles. The maximum atomic E-state index is 13.9. The summed E-state index contributed by atoms with van der Waals surface area (Å²) in [6.45, 7) is 7.27. The highest BCUT2D eigenvalue weighted by atomic mass is 16.5. The molecule has 7 aromatic carbocycles. The van der Waals surface area contributed by atoms with Gasteiger partial charge in [0.2, 0.25) is 0 Å². The number of carbonyl (C=O) groups excluding carboxylic acids is 4. The fraction of sp³-hybridized carbons (Fsp3) is 0.125. The Morgan fingerprint density at radius 1 is 0.500 bits per heavy atom. The Balaban J connectivity index is 1.16. The zero-order valence-corrected chi connectivity index (χ0v) is 34.1. The van der Waals surface area contributed by atoms with Gasteiger partial charge in [0.25, 0.3) is 11.8 Å². The molecule has 0 heterocycles. The highest BCUT2D eigenvalue weighted by molar-refractivity contribution is 6.14. The molecule has 0 aliphatic rings. The van der Waals surface area contributed by atoms with Crippen LogP contribution in [0.15, 0.2) is 142 Å². The van der Waals surface area contributed by atoms with E-state index in [1.807, 2.05) is 0 Å². The number of fused-ring (bicyclic) bond motifs is 2. The van der Waals surface area contributed by atoms with Crippen molar-refractivity contribution in [2.75, 3.05) is 23.8 Å². The van der Waals surface area contributed by atoms with Crippen LogP contribution in [0.1, 0.15) is 66.4 Å². The number of phenols is 2. The van der Waals surface area contributed by atoms with Crippen molar-refractivity contribution in [1.82, 2.24) is 0 Å². The summed E-state index contributed by atoms with van der Waals surface area (Å²) in [5.74, 6) is -3.26. The predicted molar refractivity (Wildman–Crippen MR) is 236 cm³/mol. The van der Waals surface area contributed by atoms with E-state index in [1.165, 1.54) is 0 Å². The highest BCUT2D eigenvalue weighted by Gasteiger charge is 2.23. The smallest absolute Gasteiger partial charge is 0.340 e. The summed E-state index contributed by atoms with van der Waals surface area (Å²) in [4.78, 5) is 52.9. The van der Waals surface area contributed by atoms with Crippen molar-refractivity contribution in [3.63, 3.8) is 0 Å². The van der Waals surface area contributed by atoms with Gasteiger partial charge in [0.1, 0.15) is 22.7 Å². The summed E-state index contributed by atoms with van der Waals surface area (Å²) >= 11 is 0. The van der Waals surface area contributed by atoms with Gasteiger partial charge in [0.05, 0.1) is 35.5 Å². The third kappa shape index (κ3) is 8.56. The SMILES string of the molecule is CCOC(=O)c1ccccc1N=Nc1c(O)c(C(=O)Nc2ccc(NC(=O)c3cc4ccccc4c(N=Nc4ccccc4C(=O)OCC)c3O)c(C)c2C)cc2ccccc12. The second-order valence-electron chi connectivity index (χ2n) is 13.9. The van der Waals surface area contributed by atoms with Crippen LogP contribution in [-0.2, 0) is 9.47 Å². The Labute approximate surface area is 355 Å². The normalized spacial score (nSPS) is 11.3. The number of nitrogens with zero attached hydrogens (tertiary/aromatic N) is 4. The molecule has 0 bridgehead atoms. The van der Waals surface area contributed by atoms with Gasteiger partial charge in [-0.15, -0.1) is 20.5 Å². The van der Waals surface area contributed by atoms with Crippen LogP contribution in [0, 0.1) is 13.8 Å². The lowest BCUT2D eigenvalue weighted by atomic mass is 10.0. The van der Waals surface area contributed by atoms with Gasteiger partial charge in [0, 0.05) is 22.1 Å². The zero-order chi connectivity index (χ0) is 43.9. The molecule has 7 rings (SSSR count). The van der Waals surface area contributed by atoms with Crippen molar-refractivity contribution in [2.24, 2.45) is 20.5 Å². The molecule has 14 heteroatoms. The van der Waals surface area contributed by atoms with Gasteiger partial charge < -0.3 is 30.3 Å². The molecule has 7 aromatic rings. The number of carbonyl (C=O) groups is 4. The fourth-order valence-electron chi connectivity index (χ4n) is 6.75. The number of aromatic hydroxyl groups is 2. The largest absolute Gasteiger partial charge is 0.505 e. The Bertz CT molecular complexity index is 2780. The molecule has 0 aliphatic carbocycles. The minimum atomic E-state index is -0.636. The van der Waals surface area contributed by atoms with Crippen molar-refractivity contribution in [2.45, 2.75) is 27.7 Å². The molecule has 0 unspecified atom stereocenters. The molecule has 0 fully saturated rings. The van der Waals surface area contributed by atoms with Gasteiger partial charge in [-0.25, -0.2) is 9.59 Å². The van der Waals surface area contributed by atoms with Crippen molar-refractivity contribution in [1.29, 1.82) is 0 Å². The van der Waals surface area contributed by atoms with Crippen molar-refractivity contribution in [3.05, 3.63) is 155 Å². The molecule has 0 saturated carbocycles. The van der Waals surface area contributed by atoms with Crippen molar-refractivity contribution < 1.29 is 38.9 Å². The average molecular weight is 829 g/mol. The number of hydrogen-bond acceptors (Lipinski definition) is 12. The average Bonchev–Trinajstić information content (AvgIpc) is 3.28. The maximum absolute atomic E-state index is 13.9. The Morgan fingerprint density at radius 3 is 1.27 bits per heavy atom. The second-order valence-corrected chi connectivity index (χ2v) is 13.9. The molecule has 2 amide bonds. The topological polar surface area (TPSA) is 201 Å². The monoisotopic (exact) mass is 828 g/mol. The minimum absolute atomic E-state index is 0.0286. The lowest BCUT2D eigenvalue weighted by molar-refractivity contribution is 0.0517. The lowest BCUT2D eigenvalue weighted by Gasteiger charge is -2.17. The summed E-state index contributed by atoms with van der Waals surface area (Å²) in [5.41, 5.74) is 2.78. The van der Waals surface area contributed by atoms with Crippen LogP contribution < -0.4 is 10.6 Å². The van der Waals surface area contributed by atoms with Crippen molar-refractivity contribution >= 4 is 79.4 Å². The molecule has 4 N–H and O–H groups in total. The van der Waals surface area contributed by atoms with Gasteiger partial charge in [-0.05, 0) is 98.1 Å². The molecule has 14 nitrogen and oxygen atoms in total. The maximum Gasteiger partial charge on any atom is 0.340 e. The fourth-order valence-corrected chi connectivity index (χ4v) is 6.75. The van der Waals surface area contributed by atoms with Gasteiger partial charge >= 0.3 is 11.9 Å². The number of anilines is 2. The summed E-state index contributed by atoms with van der Waals surface area (Å²) in [6, 6.07) is 33.5. The molecular formula is C48H40N6O8. The molecule has 0 atom stereocenters. The van der Waals surface area contributed by atoms with Crippen LogP contribution in [0.4, 0.5) is 34.1 Å². The van der Waals surface area contributed by atoms with Crippen LogP contribution in [-0.4, -0.2) is 47.2 Å². The Kier molecular flexibility index (Phi) is 12.4. The van der Waals surface area contributed by atoms with Crippen LogP contribution >= 0.6 is 0 Å². The highest BCUT2D eigenvalue weighted by Crippen LogP contribution is 2.42. The molecule has 0 radical (unpaired) electrons. The Hall–Kier alpha value is -8.26. The molecule has 310 valence electrons. The van der Waals surface area contributed by atoms with Gasteiger partial charge in [-0.3, -0.25) is 9.59 Å². The molecular weight excluding hydrogens is 789 g/mol. The number of benzene rings is 7. The van der Waals surface area contributed by atoms with Crippen LogP contribution in [0.3, 0.4) is 0 Å². The summed E-state index contributed by atoms with van der Waals surface area (Å²) < 4.78 is 10.3. The summed E-state index contributed by atoms with van der Waals surface area (Å²) in [5, 5.41) is 48.2. The number of phenolic OH excluding ortho intramolecular Hbond substituents is 2. The number of azo groups is 2. The van der Waals surface area contributed by atoms with E-state index in [4.69, 9.17) is 9.47 Å². The number of esters is 2. The van der Waals surface area contributed by atoms with E-state index in [-0.39, 0.29) is 58.2 Å². The third-order valence-corrected chi connectivity index (χ3v) is 10.1. The quantitative estimate of drug-likeness (QED) is 0.0688. The lowest BCUT2D eigenvalue weighted by Crippen LogP contribution is -2.16. The minimum Gasteiger partial charge on any atom is -0.505 e. The number of hydrogen-bond donors (Lipinski definition) is 4. The van der Waals surface area contributed by atoms with Gasteiger partial charge in [-0.2, -0.15) is 0 Å². The molecule has 0 aromatic heterocycles. The number of nitrogens with one attached hydrogen (secondary N) is 2. The first-order valence-electron chi connectivity index (χ1n) is 19.6. The summed E-state index contributed by atoms with van der Waals surface area (Å²) in [6.07, 6.45) is 0. The van der Waals surface area contributed by atoms with Crippen LogP contribution in [0.2, 0.25) is 0 Å². The van der Waals surface area contributed by atoms with Crippen LogP contribution in [0.5, 0.6) is 11.5 Å². The number of amides is 2. The molecule has 0 saturated heterocycles. The zero-order valence-electron chi connectivity index (χ0n) is 34.1. The van der Waals surface area contributed by atoms with Crippen molar-refractivity contribution in [3.8, 4) is 11.5 Å². The van der Waals surface area contributed by atoms with E-state index in [0.717, 1.165) is 0 Å². The first-order valence-corrected chi connectivity index (χ1v) is 19.6. The van der Waals surface area contributed by atoms with E-state index in [1.54, 1.807) is 149 Å². The standard InChI is InChI=1S/C48H40N6O8/c1-5-61-47(59)33-19-11-13-21-39(33)51-53-41-31-17-9-7-15-29(31)25-35(43(41)55)45(57)49-37-23-24-38(28(4)27(37)3)50-46(58)36-26-30-16-8-10-18-32(30)42(44(36)56)54-52-40-22-14-12-20-34(40)48(60)62-6-2/h7-26,55-56H,5-6H2,1-4H3,(H,49,57)(H,50,58).